The first-order valence-electron chi connectivity index (χ1n) is 14.2. The van der Waals surface area contributed by atoms with Gasteiger partial charge >= 0.3 is 0 Å². The van der Waals surface area contributed by atoms with Gasteiger partial charge in [-0.3, -0.25) is 10.3 Å². The number of allylic oxidation sites excluding steroid dienone is 3. The highest BCUT2D eigenvalue weighted by molar-refractivity contribution is 5.97. The zero-order chi connectivity index (χ0) is 28.8. The number of aliphatic hydroxyl groups is 2. The monoisotopic (exact) mass is 546 g/mol. The van der Waals surface area contributed by atoms with Crippen LogP contribution in [-0.4, -0.2) is 53.9 Å². The SMILES string of the molecule is C/C=C(\C=C(/C(=N)OC)C(c1ccccc1)C(O)(CCN1CC(O)C1)c1cccc2ccccc12)c1ccccc1. The molecule has 0 radical (unpaired) electrons. The fourth-order valence-corrected chi connectivity index (χ4v) is 5.98. The first-order valence-corrected chi connectivity index (χ1v) is 14.2. The molecule has 4 aromatic rings. The molecule has 5 rings (SSSR count). The molecule has 2 atom stereocenters. The van der Waals surface area contributed by atoms with Crippen LogP contribution >= 0.6 is 0 Å². The second-order valence-corrected chi connectivity index (χ2v) is 10.7. The summed E-state index contributed by atoms with van der Waals surface area (Å²) < 4.78 is 5.62. The number of hydrogen-bond donors (Lipinski definition) is 3. The number of benzene rings is 4. The second-order valence-electron chi connectivity index (χ2n) is 10.7. The van der Waals surface area contributed by atoms with Crippen molar-refractivity contribution < 1.29 is 14.9 Å². The van der Waals surface area contributed by atoms with Crippen molar-refractivity contribution in [1.29, 1.82) is 5.41 Å². The largest absolute Gasteiger partial charge is 0.481 e. The Kier molecular flexibility index (Phi) is 8.79. The number of β-amino-alcohol motifs (C(OH)–C–C–N with tert-alkyl or cyclic N) is 1. The molecule has 1 aliphatic rings. The average Bonchev–Trinajstić information content (AvgIpc) is 3.00. The summed E-state index contributed by atoms with van der Waals surface area (Å²) in [6.07, 6.45) is 4.09. The molecule has 3 N–H and O–H groups in total. The van der Waals surface area contributed by atoms with Crippen LogP contribution in [0.15, 0.2) is 121 Å². The van der Waals surface area contributed by atoms with E-state index in [-0.39, 0.29) is 12.0 Å². The van der Waals surface area contributed by atoms with Gasteiger partial charge in [0.15, 0.2) is 0 Å². The molecule has 1 heterocycles. The maximum atomic E-state index is 13.2. The van der Waals surface area contributed by atoms with Crippen LogP contribution in [0.5, 0.6) is 0 Å². The minimum Gasteiger partial charge on any atom is -0.481 e. The fourth-order valence-electron chi connectivity index (χ4n) is 5.98. The van der Waals surface area contributed by atoms with Gasteiger partial charge in [0, 0.05) is 31.1 Å². The van der Waals surface area contributed by atoms with Crippen molar-refractivity contribution in [3.05, 3.63) is 138 Å². The first kappa shape index (κ1) is 28.5. The third-order valence-corrected chi connectivity index (χ3v) is 8.12. The van der Waals surface area contributed by atoms with Crippen LogP contribution in [0.25, 0.3) is 16.3 Å². The molecule has 2 unspecified atom stereocenters. The summed E-state index contributed by atoms with van der Waals surface area (Å²) in [6.45, 7) is 3.77. The minimum absolute atomic E-state index is 0.00664. The molecule has 0 aromatic heterocycles. The van der Waals surface area contributed by atoms with Gasteiger partial charge in [0.1, 0.15) is 5.60 Å². The summed E-state index contributed by atoms with van der Waals surface area (Å²) in [6, 6.07) is 34.2. The van der Waals surface area contributed by atoms with Crippen LogP contribution < -0.4 is 0 Å². The van der Waals surface area contributed by atoms with Gasteiger partial charge < -0.3 is 14.9 Å². The Bertz CT molecular complexity index is 1540. The van der Waals surface area contributed by atoms with Gasteiger partial charge in [0.25, 0.3) is 0 Å². The number of rotatable bonds is 10. The summed E-state index contributed by atoms with van der Waals surface area (Å²) in [4.78, 5) is 2.16. The molecule has 0 aliphatic carbocycles. The first-order chi connectivity index (χ1) is 19.9. The third-order valence-electron chi connectivity index (χ3n) is 8.12. The lowest BCUT2D eigenvalue weighted by Gasteiger charge is -2.43. The van der Waals surface area contributed by atoms with Gasteiger partial charge in [-0.05, 0) is 52.5 Å². The van der Waals surface area contributed by atoms with E-state index >= 15 is 0 Å². The minimum atomic E-state index is -1.41. The standard InChI is InChI=1S/C36H38N2O3/c1-3-26(27-13-6-4-7-14-27)23-32(35(37)41-2)34(29-16-8-5-9-17-29)36(40,21-22-38-24-30(39)25-38)33-20-12-18-28-15-10-11-19-31(28)33/h3-20,23,30,34,37,39-40H,21-22,24-25H2,1-2H3/b26-3+,32-23-,37-35?. The van der Waals surface area contributed by atoms with Crippen molar-refractivity contribution >= 4 is 22.2 Å². The lowest BCUT2D eigenvalue weighted by atomic mass is 9.69. The predicted octanol–water partition coefficient (Wildman–Crippen LogP) is 6.53. The van der Waals surface area contributed by atoms with Gasteiger partial charge in [0.05, 0.1) is 13.2 Å². The third kappa shape index (κ3) is 6.03. The normalized spacial score (nSPS) is 17.1. The maximum Gasteiger partial charge on any atom is 0.209 e. The molecule has 41 heavy (non-hydrogen) atoms. The van der Waals surface area contributed by atoms with Crippen molar-refractivity contribution in [2.45, 2.75) is 31.0 Å². The van der Waals surface area contributed by atoms with Gasteiger partial charge in [-0.1, -0.05) is 109 Å². The van der Waals surface area contributed by atoms with Gasteiger partial charge in [-0.2, -0.15) is 0 Å². The molecular formula is C36H38N2O3. The quantitative estimate of drug-likeness (QED) is 0.120. The number of aliphatic hydroxyl groups excluding tert-OH is 1. The van der Waals surface area contributed by atoms with Crippen molar-refractivity contribution in [2.24, 2.45) is 0 Å². The average molecular weight is 547 g/mol. The molecule has 1 aliphatic heterocycles. The highest BCUT2D eigenvalue weighted by Crippen LogP contribution is 2.47. The molecule has 5 nitrogen and oxygen atoms in total. The van der Waals surface area contributed by atoms with E-state index in [9.17, 15) is 10.2 Å². The number of nitrogens with zero attached hydrogens (tertiary/aromatic N) is 1. The summed E-state index contributed by atoms with van der Waals surface area (Å²) in [7, 11) is 1.51. The molecular weight excluding hydrogens is 508 g/mol. The fraction of sp³-hybridized carbons (Fsp3) is 0.250. The van der Waals surface area contributed by atoms with Crippen molar-refractivity contribution in [2.75, 3.05) is 26.7 Å². The lowest BCUT2D eigenvalue weighted by molar-refractivity contribution is -0.0350. The highest BCUT2D eigenvalue weighted by Gasteiger charge is 2.44. The zero-order valence-electron chi connectivity index (χ0n) is 23.7. The topological polar surface area (TPSA) is 76.8 Å². The molecule has 1 fully saturated rings. The number of hydrogen-bond acceptors (Lipinski definition) is 5. The summed E-state index contributed by atoms with van der Waals surface area (Å²) in [5.74, 6) is -0.612. The summed E-state index contributed by atoms with van der Waals surface area (Å²) >= 11 is 0. The molecule has 0 saturated carbocycles. The van der Waals surface area contributed by atoms with Crippen molar-refractivity contribution in [3.8, 4) is 0 Å². The van der Waals surface area contributed by atoms with Crippen molar-refractivity contribution in [1.82, 2.24) is 4.90 Å². The van der Waals surface area contributed by atoms with Crippen LogP contribution in [0.1, 0.15) is 36.0 Å². The number of likely N-dealkylation sites (tertiary alicyclic amines) is 1. The molecule has 0 amide bonds. The van der Waals surface area contributed by atoms with Crippen LogP contribution in [-0.2, 0) is 10.3 Å². The Morgan fingerprint density at radius 1 is 0.951 bits per heavy atom. The van der Waals surface area contributed by atoms with E-state index in [1.165, 1.54) is 7.11 Å². The molecule has 5 heteroatoms. The van der Waals surface area contributed by atoms with E-state index in [4.69, 9.17) is 10.1 Å². The van der Waals surface area contributed by atoms with Crippen LogP contribution in [0, 0.1) is 5.41 Å². The zero-order valence-corrected chi connectivity index (χ0v) is 23.7. The van der Waals surface area contributed by atoms with Gasteiger partial charge in [-0.25, -0.2) is 0 Å². The summed E-state index contributed by atoms with van der Waals surface area (Å²) in [5, 5.41) is 34.2. The van der Waals surface area contributed by atoms with E-state index in [1.54, 1.807) is 0 Å². The van der Waals surface area contributed by atoms with E-state index < -0.39 is 11.5 Å². The predicted molar refractivity (Wildman–Crippen MR) is 167 cm³/mol. The van der Waals surface area contributed by atoms with E-state index in [1.807, 2.05) is 104 Å². The second kappa shape index (κ2) is 12.6. The Morgan fingerprint density at radius 2 is 1.59 bits per heavy atom. The lowest BCUT2D eigenvalue weighted by Crippen LogP contribution is -2.52. The van der Waals surface area contributed by atoms with Crippen LogP contribution in [0.3, 0.4) is 0 Å². The Hall–Kier alpha value is -4.03. The highest BCUT2D eigenvalue weighted by atomic mass is 16.5. The van der Waals surface area contributed by atoms with Crippen LogP contribution in [0.4, 0.5) is 0 Å². The maximum absolute atomic E-state index is 13.2. The van der Waals surface area contributed by atoms with E-state index in [0.29, 0.717) is 31.6 Å². The van der Waals surface area contributed by atoms with Gasteiger partial charge in [-0.15, -0.1) is 0 Å². The van der Waals surface area contributed by atoms with Crippen molar-refractivity contribution in [3.63, 3.8) is 0 Å². The Morgan fingerprint density at radius 3 is 2.24 bits per heavy atom. The molecule has 4 aromatic carbocycles. The Labute approximate surface area is 242 Å². The molecule has 0 bridgehead atoms. The molecule has 0 spiro atoms. The Balaban J connectivity index is 1.75. The smallest absolute Gasteiger partial charge is 0.209 e. The molecule has 210 valence electrons. The number of fused-ring (bicyclic) bond motifs is 1. The molecule has 1 saturated heterocycles. The van der Waals surface area contributed by atoms with E-state index in [0.717, 1.165) is 33.0 Å². The summed E-state index contributed by atoms with van der Waals surface area (Å²) in [5.41, 5.74) is 2.84. The number of nitrogens with one attached hydrogen (secondary N) is 1. The van der Waals surface area contributed by atoms with Crippen LogP contribution in [0.2, 0.25) is 0 Å². The van der Waals surface area contributed by atoms with Gasteiger partial charge in [0.2, 0.25) is 5.90 Å². The van der Waals surface area contributed by atoms with E-state index in [2.05, 4.69) is 23.1 Å². The number of methoxy groups -OCH3 is 1. The number of ether oxygens (including phenoxy) is 1.